The number of aromatic amines is 2. The van der Waals surface area contributed by atoms with Crippen LogP contribution in [-0.2, 0) is 6.42 Å². The van der Waals surface area contributed by atoms with Gasteiger partial charge in [0.25, 0.3) is 0 Å². The normalized spacial score (nSPS) is 15.9. The Morgan fingerprint density at radius 3 is 2.85 bits per heavy atom. The molecule has 4 heterocycles. The second kappa shape index (κ2) is 6.25. The van der Waals surface area contributed by atoms with Crippen LogP contribution in [0.25, 0.3) is 33.2 Å². The lowest BCUT2D eigenvalue weighted by Gasteiger charge is -2.23. The smallest absolute Gasteiger partial charge is 0.160 e. The van der Waals surface area contributed by atoms with Crippen LogP contribution in [0.5, 0.6) is 0 Å². The first-order chi connectivity index (χ1) is 12.8. The van der Waals surface area contributed by atoms with Gasteiger partial charge in [-0.1, -0.05) is 13.0 Å². The topological polar surface area (TPSA) is 69.4 Å². The van der Waals surface area contributed by atoms with Crippen molar-refractivity contribution in [3.63, 3.8) is 0 Å². The number of piperidine rings is 1. The lowest BCUT2D eigenvalue weighted by atomic mass is 9.89. The predicted molar refractivity (Wildman–Crippen MR) is 105 cm³/mol. The molecule has 3 aromatic heterocycles. The number of aryl methyl sites for hydroxylation is 1. The quantitative estimate of drug-likeness (QED) is 0.523. The fourth-order valence-corrected chi connectivity index (χ4v) is 4.35. The monoisotopic (exact) mass is 345 g/mol. The van der Waals surface area contributed by atoms with E-state index in [2.05, 4.69) is 56.7 Å². The lowest BCUT2D eigenvalue weighted by molar-refractivity contribution is 0.460. The van der Waals surface area contributed by atoms with E-state index in [1.54, 1.807) is 0 Å². The number of nitrogens with one attached hydrogen (secondary N) is 3. The van der Waals surface area contributed by atoms with Crippen molar-refractivity contribution in [3.05, 3.63) is 47.8 Å². The molecule has 1 fully saturated rings. The van der Waals surface area contributed by atoms with Crippen molar-refractivity contribution in [2.24, 2.45) is 0 Å². The van der Waals surface area contributed by atoms with Crippen LogP contribution in [-0.4, -0.2) is 33.3 Å². The van der Waals surface area contributed by atoms with Crippen molar-refractivity contribution in [1.82, 2.24) is 25.5 Å². The van der Waals surface area contributed by atoms with Crippen LogP contribution in [0, 0.1) is 0 Å². The molecule has 1 aromatic carbocycles. The molecule has 26 heavy (non-hydrogen) atoms. The lowest BCUT2D eigenvalue weighted by Crippen LogP contribution is -2.26. The van der Waals surface area contributed by atoms with Crippen molar-refractivity contribution >= 4 is 21.9 Å². The third-order valence-electron chi connectivity index (χ3n) is 5.72. The molecule has 0 saturated carbocycles. The van der Waals surface area contributed by atoms with E-state index in [1.165, 1.54) is 40.6 Å². The zero-order valence-corrected chi connectivity index (χ0v) is 15.0. The van der Waals surface area contributed by atoms with Crippen molar-refractivity contribution in [2.45, 2.75) is 32.1 Å². The van der Waals surface area contributed by atoms with Gasteiger partial charge in [-0.25, -0.2) is 0 Å². The van der Waals surface area contributed by atoms with E-state index in [0.717, 1.165) is 36.1 Å². The summed E-state index contributed by atoms with van der Waals surface area (Å²) >= 11 is 0. The Kier molecular flexibility index (Phi) is 3.75. The summed E-state index contributed by atoms with van der Waals surface area (Å²) in [5, 5.41) is 14.3. The number of nitrogens with zero attached hydrogens (tertiary/aromatic N) is 2. The molecule has 5 heteroatoms. The average Bonchev–Trinajstić information content (AvgIpc) is 3.32. The van der Waals surface area contributed by atoms with Gasteiger partial charge in [0.1, 0.15) is 0 Å². The van der Waals surface area contributed by atoms with Crippen molar-refractivity contribution in [2.75, 3.05) is 13.1 Å². The second-order valence-corrected chi connectivity index (χ2v) is 7.16. The van der Waals surface area contributed by atoms with E-state index >= 15 is 0 Å². The molecule has 132 valence electrons. The molecule has 0 unspecified atom stereocenters. The van der Waals surface area contributed by atoms with Crippen LogP contribution >= 0.6 is 0 Å². The minimum absolute atomic E-state index is 0.669. The summed E-state index contributed by atoms with van der Waals surface area (Å²) in [7, 11) is 0. The molecule has 1 aliphatic rings. The maximum absolute atomic E-state index is 4.19. The Labute approximate surface area is 152 Å². The van der Waals surface area contributed by atoms with E-state index in [-0.39, 0.29) is 0 Å². The average molecular weight is 345 g/mol. The Morgan fingerprint density at radius 1 is 1.12 bits per heavy atom. The van der Waals surface area contributed by atoms with Gasteiger partial charge in [0.05, 0.1) is 11.9 Å². The Morgan fingerprint density at radius 2 is 2.00 bits per heavy atom. The molecule has 3 N–H and O–H groups in total. The van der Waals surface area contributed by atoms with Gasteiger partial charge in [-0.2, -0.15) is 5.10 Å². The molecular weight excluding hydrogens is 322 g/mol. The molecule has 0 atom stereocenters. The maximum Gasteiger partial charge on any atom is 0.160 e. The molecule has 0 radical (unpaired) electrons. The molecule has 0 amide bonds. The van der Waals surface area contributed by atoms with Gasteiger partial charge in [-0.15, -0.1) is 5.10 Å². The fourth-order valence-electron chi connectivity index (χ4n) is 4.35. The third-order valence-corrected chi connectivity index (χ3v) is 5.72. The Hall–Kier alpha value is -2.66. The first-order valence-electron chi connectivity index (χ1n) is 9.49. The highest BCUT2D eigenvalue weighted by atomic mass is 15.1. The Balaban J connectivity index is 1.68. The van der Waals surface area contributed by atoms with Crippen LogP contribution in [0.3, 0.4) is 0 Å². The van der Waals surface area contributed by atoms with E-state index in [9.17, 15) is 0 Å². The van der Waals surface area contributed by atoms with Crippen molar-refractivity contribution in [3.8, 4) is 11.3 Å². The highest BCUT2D eigenvalue weighted by Gasteiger charge is 2.19. The summed E-state index contributed by atoms with van der Waals surface area (Å²) in [6, 6.07) is 9.03. The van der Waals surface area contributed by atoms with Gasteiger partial charge >= 0.3 is 0 Å². The van der Waals surface area contributed by atoms with Crippen LogP contribution in [0.15, 0.2) is 36.7 Å². The van der Waals surface area contributed by atoms with Crippen LogP contribution in [0.2, 0.25) is 0 Å². The van der Waals surface area contributed by atoms with Gasteiger partial charge in [-0.05, 0) is 67.6 Å². The molecule has 5 rings (SSSR count). The summed E-state index contributed by atoms with van der Waals surface area (Å²) in [6.07, 6.45) is 7.23. The molecule has 5 nitrogen and oxygen atoms in total. The number of benzene rings is 1. The van der Waals surface area contributed by atoms with E-state index in [1.807, 2.05) is 12.4 Å². The highest BCUT2D eigenvalue weighted by Crippen LogP contribution is 2.36. The minimum Gasteiger partial charge on any atom is -0.354 e. The number of hydrogen-bond acceptors (Lipinski definition) is 3. The summed E-state index contributed by atoms with van der Waals surface area (Å²) in [5.41, 5.74) is 7.16. The molecular formula is C21H23N5. The molecule has 0 aliphatic carbocycles. The van der Waals surface area contributed by atoms with E-state index in [4.69, 9.17) is 0 Å². The SMILES string of the molecule is CCc1c(-c2cnnc3[nH]ccc23)[nH]c2ccc(C3CCNCC3)cc12. The predicted octanol–water partition coefficient (Wildman–Crippen LogP) is 4.14. The molecule has 4 aromatic rings. The molecule has 0 bridgehead atoms. The number of hydrogen-bond donors (Lipinski definition) is 3. The van der Waals surface area contributed by atoms with E-state index < -0.39 is 0 Å². The van der Waals surface area contributed by atoms with Crippen molar-refractivity contribution < 1.29 is 0 Å². The zero-order chi connectivity index (χ0) is 17.5. The first kappa shape index (κ1) is 15.6. The van der Waals surface area contributed by atoms with Crippen LogP contribution in [0.1, 0.15) is 36.8 Å². The van der Waals surface area contributed by atoms with Crippen molar-refractivity contribution in [1.29, 1.82) is 0 Å². The second-order valence-electron chi connectivity index (χ2n) is 7.16. The van der Waals surface area contributed by atoms with Gasteiger partial charge in [0, 0.05) is 28.0 Å². The van der Waals surface area contributed by atoms with Crippen LogP contribution in [0.4, 0.5) is 0 Å². The number of aromatic nitrogens is 4. The first-order valence-corrected chi connectivity index (χ1v) is 9.49. The van der Waals surface area contributed by atoms with Gasteiger partial charge in [-0.3, -0.25) is 0 Å². The molecule has 1 saturated heterocycles. The number of rotatable bonds is 3. The van der Waals surface area contributed by atoms with Gasteiger partial charge < -0.3 is 15.3 Å². The number of H-pyrrole nitrogens is 2. The zero-order valence-electron chi connectivity index (χ0n) is 15.0. The van der Waals surface area contributed by atoms with Gasteiger partial charge in [0.2, 0.25) is 0 Å². The maximum atomic E-state index is 4.19. The third kappa shape index (κ3) is 2.42. The summed E-state index contributed by atoms with van der Waals surface area (Å²) < 4.78 is 0. The summed E-state index contributed by atoms with van der Waals surface area (Å²) in [4.78, 5) is 6.81. The molecule has 1 aliphatic heterocycles. The fraction of sp³-hybridized carbons (Fsp3) is 0.333. The standard InChI is InChI=1S/C21H23N5/c1-2-15-17-11-14(13-5-8-22-9-6-13)3-4-19(17)25-20(15)18-12-24-26-21-16(18)7-10-23-21/h3-4,7,10-13,22,25H,2,5-6,8-9H2,1H3,(H,23,26). The summed E-state index contributed by atoms with van der Waals surface area (Å²) in [5.74, 6) is 0.669. The van der Waals surface area contributed by atoms with Gasteiger partial charge in [0.15, 0.2) is 5.65 Å². The highest BCUT2D eigenvalue weighted by molar-refractivity contribution is 5.98. The Bertz CT molecular complexity index is 1070. The largest absolute Gasteiger partial charge is 0.354 e. The summed E-state index contributed by atoms with van der Waals surface area (Å²) in [6.45, 7) is 4.47. The minimum atomic E-state index is 0.669. The van der Waals surface area contributed by atoms with Crippen LogP contribution < -0.4 is 5.32 Å². The molecule has 0 spiro atoms. The van der Waals surface area contributed by atoms with E-state index in [0.29, 0.717) is 5.92 Å². The number of fused-ring (bicyclic) bond motifs is 2.